The van der Waals surface area contributed by atoms with Crippen LogP contribution in [0.25, 0.3) is 0 Å². The van der Waals surface area contributed by atoms with Crippen molar-refractivity contribution < 1.29 is 5.11 Å². The van der Waals surface area contributed by atoms with E-state index in [4.69, 9.17) is 0 Å². The molecule has 0 amide bonds. The Morgan fingerprint density at radius 2 is 1.80 bits per heavy atom. The predicted molar refractivity (Wildman–Crippen MR) is 126 cm³/mol. The summed E-state index contributed by atoms with van der Waals surface area (Å²) in [6, 6.07) is 0. The minimum absolute atomic E-state index is 0.0778. The molecule has 4 saturated carbocycles. The molecule has 1 heteroatoms. The Kier molecular flexibility index (Phi) is 5.28. The van der Waals surface area contributed by atoms with Crippen LogP contribution in [0, 0.1) is 64.1 Å². The van der Waals surface area contributed by atoms with E-state index >= 15 is 0 Å². The zero-order valence-electron chi connectivity index (χ0n) is 20.7. The average Bonchev–Trinajstić information content (AvgIpc) is 3.17. The van der Waals surface area contributed by atoms with Crippen molar-refractivity contribution in [3.8, 4) is 0 Å². The van der Waals surface area contributed by atoms with Crippen LogP contribution >= 0.6 is 0 Å². The van der Waals surface area contributed by atoms with E-state index in [9.17, 15) is 5.11 Å². The van der Waals surface area contributed by atoms with Crippen LogP contribution in [0.2, 0.25) is 0 Å². The van der Waals surface area contributed by atoms with Gasteiger partial charge in [-0.3, -0.25) is 0 Å². The summed E-state index contributed by atoms with van der Waals surface area (Å²) < 4.78 is 0. The molecule has 0 aromatic rings. The fraction of sp³-hybridized carbons (Fsp3) is 0.931. The number of aliphatic hydroxyl groups excluding tert-OH is 1. The fourth-order valence-corrected chi connectivity index (χ4v) is 10.3. The van der Waals surface area contributed by atoms with Crippen molar-refractivity contribution in [2.75, 3.05) is 0 Å². The first-order chi connectivity index (χ1) is 14.2. The minimum atomic E-state index is -0.0778. The van der Waals surface area contributed by atoms with E-state index in [0.717, 1.165) is 66.1 Å². The molecule has 1 nitrogen and oxygen atoms in total. The van der Waals surface area contributed by atoms with E-state index in [1.807, 2.05) is 0 Å². The molecule has 30 heavy (non-hydrogen) atoms. The van der Waals surface area contributed by atoms with Gasteiger partial charge in [-0.2, -0.15) is 0 Å². The summed E-state index contributed by atoms with van der Waals surface area (Å²) in [4.78, 5) is 0. The maximum Gasteiger partial charge on any atom is 0.0577 e. The van der Waals surface area contributed by atoms with Crippen LogP contribution in [0.1, 0.15) is 99.3 Å². The molecule has 0 radical (unpaired) electrons. The van der Waals surface area contributed by atoms with Gasteiger partial charge in [0, 0.05) is 0 Å². The third kappa shape index (κ3) is 3.11. The van der Waals surface area contributed by atoms with Crippen molar-refractivity contribution >= 4 is 0 Å². The lowest BCUT2D eigenvalue weighted by molar-refractivity contribution is -0.0576. The zero-order valence-corrected chi connectivity index (χ0v) is 20.7. The molecule has 5 rings (SSSR count). The largest absolute Gasteiger partial charge is 0.393 e. The van der Waals surface area contributed by atoms with Crippen LogP contribution in [0.4, 0.5) is 0 Å². The van der Waals surface area contributed by atoms with Gasteiger partial charge in [0.25, 0.3) is 0 Å². The van der Waals surface area contributed by atoms with Gasteiger partial charge in [0.1, 0.15) is 0 Å². The van der Waals surface area contributed by atoms with Crippen molar-refractivity contribution in [2.24, 2.45) is 64.1 Å². The Morgan fingerprint density at radius 1 is 1.03 bits per heavy atom. The molecular formula is C29H48O. The first-order valence-corrected chi connectivity index (χ1v) is 13.5. The van der Waals surface area contributed by atoms with Gasteiger partial charge in [-0.1, -0.05) is 53.2 Å². The van der Waals surface area contributed by atoms with E-state index < -0.39 is 0 Å². The van der Waals surface area contributed by atoms with Crippen LogP contribution in [-0.4, -0.2) is 11.2 Å². The quantitative estimate of drug-likeness (QED) is 0.474. The fourth-order valence-electron chi connectivity index (χ4n) is 10.3. The smallest absolute Gasteiger partial charge is 0.0577 e. The molecule has 5 aliphatic rings. The molecule has 0 saturated heterocycles. The van der Waals surface area contributed by atoms with Gasteiger partial charge in [0.2, 0.25) is 0 Å². The Morgan fingerprint density at radius 3 is 2.50 bits per heavy atom. The molecule has 0 aromatic heterocycles. The number of hydrogen-bond donors (Lipinski definition) is 1. The number of allylic oxidation sites excluding steroid dienone is 1. The maximum atomic E-state index is 10.3. The lowest BCUT2D eigenvalue weighted by Crippen LogP contribution is -2.50. The summed E-state index contributed by atoms with van der Waals surface area (Å²) in [6.07, 6.45) is 14.4. The van der Waals surface area contributed by atoms with Crippen LogP contribution < -0.4 is 0 Å². The number of rotatable bonds is 4. The molecule has 1 N–H and O–H groups in total. The standard InChI is InChI=1S/C29H48O/c1-17(2)27-19(4)23(27)15-18(3)24-9-10-25-22-8-7-20-16-21(30)11-13-28(20,5)26(22)12-14-29(24,25)6/h7,17-19,21-27,30H,8-16H2,1-6H3. The minimum Gasteiger partial charge on any atom is -0.393 e. The second-order valence-electron chi connectivity index (χ2n) is 13.4. The van der Waals surface area contributed by atoms with Gasteiger partial charge in [0.15, 0.2) is 0 Å². The monoisotopic (exact) mass is 412 g/mol. The van der Waals surface area contributed by atoms with Crippen LogP contribution in [0.3, 0.4) is 0 Å². The van der Waals surface area contributed by atoms with Gasteiger partial charge >= 0.3 is 0 Å². The third-order valence-electron chi connectivity index (χ3n) is 11.9. The van der Waals surface area contributed by atoms with Crippen molar-refractivity contribution in [1.29, 1.82) is 0 Å². The Bertz CT molecular complexity index is 692. The summed E-state index contributed by atoms with van der Waals surface area (Å²) in [5.74, 6) is 8.44. The SMILES string of the molecule is CC(C)C1C(C)C1CC(C)C1CCC2C3CC=C4CC(O)CCC4(C)C3CCC12C. The first-order valence-electron chi connectivity index (χ1n) is 13.5. The highest BCUT2D eigenvalue weighted by atomic mass is 16.3. The number of hydrogen-bond acceptors (Lipinski definition) is 1. The normalized spacial score (nSPS) is 53.5. The molecule has 0 heterocycles. The number of aliphatic hydroxyl groups is 1. The zero-order chi connectivity index (χ0) is 21.4. The highest BCUT2D eigenvalue weighted by molar-refractivity contribution is 5.25. The van der Waals surface area contributed by atoms with E-state index in [2.05, 4.69) is 47.6 Å². The lowest BCUT2D eigenvalue weighted by atomic mass is 9.47. The molecule has 0 bridgehead atoms. The molecule has 0 aliphatic heterocycles. The van der Waals surface area contributed by atoms with Crippen LogP contribution in [0.15, 0.2) is 11.6 Å². The Labute approximate surface area is 186 Å². The molecule has 0 spiro atoms. The summed E-state index contributed by atoms with van der Waals surface area (Å²) in [6.45, 7) is 15.3. The molecule has 11 unspecified atom stereocenters. The van der Waals surface area contributed by atoms with E-state index in [0.29, 0.717) is 10.8 Å². The van der Waals surface area contributed by atoms with Gasteiger partial charge in [-0.25, -0.2) is 0 Å². The molecular weight excluding hydrogens is 364 g/mol. The van der Waals surface area contributed by atoms with Crippen LogP contribution in [-0.2, 0) is 0 Å². The topological polar surface area (TPSA) is 20.2 Å². The molecule has 4 fully saturated rings. The van der Waals surface area contributed by atoms with Crippen molar-refractivity contribution in [3.05, 3.63) is 11.6 Å². The van der Waals surface area contributed by atoms with Gasteiger partial charge in [-0.15, -0.1) is 0 Å². The van der Waals surface area contributed by atoms with Crippen molar-refractivity contribution in [3.63, 3.8) is 0 Å². The number of fused-ring (bicyclic) bond motifs is 5. The molecule has 0 aromatic carbocycles. The maximum absolute atomic E-state index is 10.3. The van der Waals surface area contributed by atoms with Gasteiger partial charge in [0.05, 0.1) is 6.10 Å². The van der Waals surface area contributed by atoms with E-state index in [-0.39, 0.29) is 6.10 Å². The Balaban J connectivity index is 1.32. The van der Waals surface area contributed by atoms with Crippen molar-refractivity contribution in [1.82, 2.24) is 0 Å². The summed E-state index contributed by atoms with van der Waals surface area (Å²) in [7, 11) is 0. The van der Waals surface area contributed by atoms with Gasteiger partial charge in [-0.05, 0) is 122 Å². The van der Waals surface area contributed by atoms with Crippen molar-refractivity contribution in [2.45, 2.75) is 105 Å². The Hall–Kier alpha value is -0.300. The summed E-state index contributed by atoms with van der Waals surface area (Å²) >= 11 is 0. The third-order valence-corrected chi connectivity index (χ3v) is 11.9. The second-order valence-corrected chi connectivity index (χ2v) is 13.4. The average molecular weight is 413 g/mol. The predicted octanol–water partition coefficient (Wildman–Crippen LogP) is 7.49. The molecule has 5 aliphatic carbocycles. The highest BCUT2D eigenvalue weighted by Gasteiger charge is 2.60. The summed E-state index contributed by atoms with van der Waals surface area (Å²) in [5.41, 5.74) is 2.60. The first kappa shape index (κ1) is 21.5. The highest BCUT2D eigenvalue weighted by Crippen LogP contribution is 2.68. The van der Waals surface area contributed by atoms with Crippen LogP contribution in [0.5, 0.6) is 0 Å². The summed E-state index contributed by atoms with van der Waals surface area (Å²) in [5, 5.41) is 10.3. The molecule has 170 valence electrons. The van der Waals surface area contributed by atoms with E-state index in [1.54, 1.807) is 5.57 Å². The lowest BCUT2D eigenvalue weighted by Gasteiger charge is -2.58. The second kappa shape index (κ2) is 7.36. The van der Waals surface area contributed by atoms with E-state index in [1.165, 1.54) is 44.9 Å². The molecule has 11 atom stereocenters. The van der Waals surface area contributed by atoms with Gasteiger partial charge < -0.3 is 5.11 Å².